The van der Waals surface area contributed by atoms with E-state index in [1.807, 2.05) is 32.2 Å². The third-order valence-electron chi connectivity index (χ3n) is 7.36. The number of benzene rings is 1. The molecule has 10 nitrogen and oxygen atoms in total. The van der Waals surface area contributed by atoms with Gasteiger partial charge in [-0.3, -0.25) is 4.79 Å². The fourth-order valence-electron chi connectivity index (χ4n) is 5.18. The first kappa shape index (κ1) is 24.9. The third-order valence-corrected chi connectivity index (χ3v) is 9.25. The lowest BCUT2D eigenvalue weighted by atomic mass is 10.0. The average Bonchev–Trinajstić information content (AvgIpc) is 2.88. The number of fused-ring (bicyclic) bond motifs is 1. The molecule has 4 heterocycles. The van der Waals surface area contributed by atoms with Crippen LogP contribution >= 0.6 is 0 Å². The number of sulfonamides is 1. The van der Waals surface area contributed by atoms with Crippen LogP contribution in [-0.4, -0.2) is 94.1 Å². The van der Waals surface area contributed by atoms with Crippen LogP contribution in [0.25, 0.3) is 0 Å². The molecule has 3 aliphatic rings. The van der Waals surface area contributed by atoms with Crippen molar-refractivity contribution < 1.29 is 17.9 Å². The van der Waals surface area contributed by atoms with Gasteiger partial charge in [0.15, 0.2) is 5.82 Å². The Hall–Kier alpha value is -2.73. The summed E-state index contributed by atoms with van der Waals surface area (Å²) in [6.07, 6.45) is 1.68. The van der Waals surface area contributed by atoms with Crippen molar-refractivity contribution in [3.63, 3.8) is 0 Å². The van der Waals surface area contributed by atoms with E-state index in [2.05, 4.69) is 15.1 Å². The van der Waals surface area contributed by atoms with E-state index in [0.29, 0.717) is 37.8 Å². The van der Waals surface area contributed by atoms with E-state index < -0.39 is 10.0 Å². The minimum atomic E-state index is -3.58. The first-order valence-corrected chi connectivity index (χ1v) is 13.9. The molecule has 3 aliphatic heterocycles. The number of carbonyl (C=O) groups excluding carboxylic acids is 1. The predicted molar refractivity (Wildman–Crippen MR) is 139 cm³/mol. The normalized spacial score (nSPS) is 22.5. The van der Waals surface area contributed by atoms with Gasteiger partial charge in [-0.25, -0.2) is 13.4 Å². The van der Waals surface area contributed by atoms with Gasteiger partial charge in [0.05, 0.1) is 10.6 Å². The van der Waals surface area contributed by atoms with Crippen LogP contribution in [0.1, 0.15) is 19.8 Å². The second-order valence-corrected chi connectivity index (χ2v) is 11.7. The van der Waals surface area contributed by atoms with E-state index in [4.69, 9.17) is 9.72 Å². The van der Waals surface area contributed by atoms with Crippen LogP contribution < -0.4 is 15.1 Å². The van der Waals surface area contributed by atoms with Crippen molar-refractivity contribution in [1.29, 1.82) is 0 Å². The van der Waals surface area contributed by atoms with Crippen LogP contribution in [0.5, 0.6) is 0 Å². The van der Waals surface area contributed by atoms with Crippen LogP contribution in [0, 0.1) is 0 Å². The Kier molecular flexibility index (Phi) is 6.90. The lowest BCUT2D eigenvalue weighted by molar-refractivity contribution is -0.119. The number of likely N-dealkylation sites (N-methyl/N-ethyl adjacent to an activating group) is 2. The van der Waals surface area contributed by atoms with Crippen LogP contribution in [-0.2, 0) is 19.6 Å². The number of nitrogens with zero attached hydrogens (tertiary/aromatic N) is 5. The van der Waals surface area contributed by atoms with Crippen molar-refractivity contribution in [1.82, 2.24) is 14.2 Å². The number of hydrogen-bond acceptors (Lipinski definition) is 8. The summed E-state index contributed by atoms with van der Waals surface area (Å²) in [4.78, 5) is 24.0. The minimum Gasteiger partial charge on any atom is -0.381 e. The molecule has 5 rings (SSSR count). The molecule has 2 fully saturated rings. The zero-order valence-corrected chi connectivity index (χ0v) is 21.9. The zero-order valence-electron chi connectivity index (χ0n) is 21.1. The van der Waals surface area contributed by atoms with Gasteiger partial charge in [0.2, 0.25) is 15.9 Å². The molecule has 1 aromatic carbocycles. The molecule has 0 saturated carbocycles. The van der Waals surface area contributed by atoms with Crippen LogP contribution in [0.15, 0.2) is 41.3 Å². The fraction of sp³-hybridized carbons (Fsp3) is 0.520. The fourth-order valence-corrected chi connectivity index (χ4v) is 6.64. The first-order chi connectivity index (χ1) is 17.3. The summed E-state index contributed by atoms with van der Waals surface area (Å²) < 4.78 is 33.5. The highest BCUT2D eigenvalue weighted by atomic mass is 32.2. The van der Waals surface area contributed by atoms with E-state index in [9.17, 15) is 13.2 Å². The van der Waals surface area contributed by atoms with Crippen molar-refractivity contribution in [2.45, 2.75) is 36.7 Å². The number of pyridine rings is 1. The maximum absolute atomic E-state index is 13.2. The molecule has 0 unspecified atom stereocenters. The second-order valence-electron chi connectivity index (χ2n) is 9.72. The largest absolute Gasteiger partial charge is 0.381 e. The van der Waals surface area contributed by atoms with Crippen molar-refractivity contribution >= 4 is 38.9 Å². The Morgan fingerprint density at radius 3 is 2.47 bits per heavy atom. The lowest BCUT2D eigenvalue weighted by Gasteiger charge is -2.44. The molecule has 1 amide bonds. The molecule has 0 spiro atoms. The number of aromatic nitrogens is 1. The monoisotopic (exact) mass is 514 g/mol. The maximum atomic E-state index is 13.2. The molecule has 1 aromatic heterocycles. The topological polar surface area (TPSA) is 98.3 Å². The molecule has 2 aromatic rings. The highest BCUT2D eigenvalue weighted by molar-refractivity contribution is 7.89. The summed E-state index contributed by atoms with van der Waals surface area (Å²) in [5.41, 5.74) is 1.41. The molecule has 194 valence electrons. The number of anilines is 4. The number of piperazine rings is 1. The molecule has 1 atom stereocenters. The summed E-state index contributed by atoms with van der Waals surface area (Å²) in [7, 11) is 0.199. The van der Waals surface area contributed by atoms with E-state index in [-0.39, 0.29) is 22.9 Å². The summed E-state index contributed by atoms with van der Waals surface area (Å²) in [5.74, 6) is 1.39. The predicted octanol–water partition coefficient (Wildman–Crippen LogP) is 2.11. The molecular weight excluding hydrogens is 480 g/mol. The Bertz CT molecular complexity index is 1220. The number of amides is 1. The second kappa shape index (κ2) is 9.97. The van der Waals surface area contributed by atoms with Gasteiger partial charge < -0.3 is 24.8 Å². The van der Waals surface area contributed by atoms with Gasteiger partial charge in [0, 0.05) is 58.2 Å². The van der Waals surface area contributed by atoms with Crippen molar-refractivity contribution in [3.8, 4) is 0 Å². The van der Waals surface area contributed by atoms with Gasteiger partial charge in [0.25, 0.3) is 0 Å². The zero-order chi connectivity index (χ0) is 25.4. The molecule has 1 N–H and O–H groups in total. The molecule has 0 aliphatic carbocycles. The van der Waals surface area contributed by atoms with Crippen molar-refractivity contribution in [2.75, 3.05) is 68.6 Å². The Labute approximate surface area is 212 Å². The standard InChI is InChI=1S/C25H34N6O4S/c1-18-25(32)29(3)22-7-8-23(27-24(22)31(18)20-9-15-35-16-10-20)26-19-5-4-6-21(17-19)36(33,34)30-13-11-28(2)12-14-30/h4-8,17-18,20H,9-16H2,1-3H3,(H,26,27)/t18-/m1/s1. The molecular formula is C25H34N6O4S. The smallest absolute Gasteiger partial charge is 0.249 e. The number of carbonyl (C=O) groups is 1. The lowest BCUT2D eigenvalue weighted by Crippen LogP contribution is -2.56. The van der Waals surface area contributed by atoms with Crippen LogP contribution in [0.3, 0.4) is 0 Å². The van der Waals surface area contributed by atoms with Crippen LogP contribution in [0.4, 0.5) is 23.0 Å². The van der Waals surface area contributed by atoms with Gasteiger partial charge in [0.1, 0.15) is 11.9 Å². The maximum Gasteiger partial charge on any atom is 0.249 e. The summed E-state index contributed by atoms with van der Waals surface area (Å²) >= 11 is 0. The van der Waals surface area contributed by atoms with Gasteiger partial charge in [-0.05, 0) is 57.1 Å². The number of hydrogen-bond donors (Lipinski definition) is 1. The van der Waals surface area contributed by atoms with E-state index in [1.54, 1.807) is 34.5 Å². The summed E-state index contributed by atoms with van der Waals surface area (Å²) in [6.45, 7) is 5.65. The van der Waals surface area contributed by atoms with Crippen molar-refractivity contribution in [2.24, 2.45) is 0 Å². The molecule has 0 bridgehead atoms. The number of rotatable bonds is 5. The first-order valence-electron chi connectivity index (χ1n) is 12.5. The quantitative estimate of drug-likeness (QED) is 0.648. The average molecular weight is 515 g/mol. The molecule has 0 radical (unpaired) electrons. The Morgan fingerprint density at radius 2 is 1.75 bits per heavy atom. The number of nitrogens with one attached hydrogen (secondary N) is 1. The third kappa shape index (κ3) is 4.68. The number of ether oxygens (including phenoxy) is 1. The summed E-state index contributed by atoms with van der Waals surface area (Å²) in [6, 6.07) is 10.4. The summed E-state index contributed by atoms with van der Waals surface area (Å²) in [5, 5.41) is 3.28. The molecule has 11 heteroatoms. The molecule has 2 saturated heterocycles. The van der Waals surface area contributed by atoms with Gasteiger partial charge in [-0.1, -0.05) is 6.07 Å². The van der Waals surface area contributed by atoms with Crippen molar-refractivity contribution in [3.05, 3.63) is 36.4 Å². The van der Waals surface area contributed by atoms with Gasteiger partial charge in [-0.2, -0.15) is 4.31 Å². The van der Waals surface area contributed by atoms with E-state index >= 15 is 0 Å². The van der Waals surface area contributed by atoms with E-state index in [0.717, 1.165) is 37.4 Å². The van der Waals surface area contributed by atoms with E-state index in [1.165, 1.54) is 0 Å². The highest BCUT2D eigenvalue weighted by Gasteiger charge is 2.39. The Balaban J connectivity index is 1.42. The minimum absolute atomic E-state index is 0.0401. The SMILES string of the molecule is C[C@@H]1C(=O)N(C)c2ccc(Nc3cccc(S(=O)(=O)N4CCN(C)CC4)c3)nc2N1C1CCOCC1. The highest BCUT2D eigenvalue weighted by Crippen LogP contribution is 2.38. The Morgan fingerprint density at radius 1 is 1.03 bits per heavy atom. The van der Waals surface area contributed by atoms with Gasteiger partial charge >= 0.3 is 0 Å². The molecule has 36 heavy (non-hydrogen) atoms. The van der Waals surface area contributed by atoms with Gasteiger partial charge in [-0.15, -0.1) is 0 Å². The van der Waals surface area contributed by atoms with Crippen LogP contribution in [0.2, 0.25) is 0 Å².